The third-order valence-corrected chi connectivity index (χ3v) is 7.33. The van der Waals surface area contributed by atoms with Gasteiger partial charge in [-0.1, -0.05) is 37.8 Å². The van der Waals surface area contributed by atoms with Crippen molar-refractivity contribution in [3.05, 3.63) is 41.9 Å². The Morgan fingerprint density at radius 2 is 1.93 bits per heavy atom. The van der Waals surface area contributed by atoms with E-state index in [0.717, 1.165) is 61.4 Å². The zero-order valence-corrected chi connectivity index (χ0v) is 19.5. The van der Waals surface area contributed by atoms with Crippen molar-refractivity contribution in [2.75, 3.05) is 40.0 Å². The topological polar surface area (TPSA) is 55.1 Å². The van der Waals surface area contributed by atoms with Gasteiger partial charge in [0.1, 0.15) is 12.6 Å². The van der Waals surface area contributed by atoms with Crippen molar-refractivity contribution >= 4 is 25.3 Å². The summed E-state index contributed by atoms with van der Waals surface area (Å²) in [5.41, 5.74) is 2.15. The molecule has 7 nitrogen and oxygen atoms in total. The third-order valence-electron chi connectivity index (χ3n) is 5.63. The summed E-state index contributed by atoms with van der Waals surface area (Å²) < 4.78 is 13.5. The van der Waals surface area contributed by atoms with Gasteiger partial charge in [0.05, 0.1) is 36.8 Å². The van der Waals surface area contributed by atoms with Crippen molar-refractivity contribution in [2.24, 2.45) is 4.99 Å². The van der Waals surface area contributed by atoms with Crippen LogP contribution in [0.3, 0.4) is 0 Å². The molecule has 2 aliphatic rings. The lowest BCUT2D eigenvalue weighted by atomic mass is 10.1. The van der Waals surface area contributed by atoms with E-state index >= 15 is 0 Å². The molecule has 0 spiro atoms. The molecule has 4 rings (SSSR count). The van der Waals surface area contributed by atoms with Gasteiger partial charge in [-0.3, -0.25) is 0 Å². The van der Waals surface area contributed by atoms with Crippen molar-refractivity contribution in [3.63, 3.8) is 0 Å². The van der Waals surface area contributed by atoms with Crippen LogP contribution >= 0.6 is 0 Å². The first-order valence-corrected chi connectivity index (χ1v) is 14.5. The highest BCUT2D eigenvalue weighted by atomic mass is 28.3. The van der Waals surface area contributed by atoms with E-state index in [4.69, 9.17) is 14.6 Å². The summed E-state index contributed by atoms with van der Waals surface area (Å²) in [6.07, 6.45) is 4.13. The molecule has 0 N–H and O–H groups in total. The van der Waals surface area contributed by atoms with Gasteiger partial charge in [-0.05, 0) is 18.2 Å². The molecule has 1 aromatic carbocycles. The maximum absolute atomic E-state index is 6.01. The fraction of sp³-hybridized carbons (Fsp3) is 0.545. The minimum Gasteiger partial charge on any atom is -0.378 e. The summed E-state index contributed by atoms with van der Waals surface area (Å²) >= 11 is 0. The number of aliphatic imine (C=N–C) groups is 1. The van der Waals surface area contributed by atoms with Crippen LogP contribution in [0.25, 0.3) is 10.9 Å². The molecule has 2 aliphatic heterocycles. The summed E-state index contributed by atoms with van der Waals surface area (Å²) in [5.74, 6) is 1.01. The molecular formula is C22H33N5O2Si. The Morgan fingerprint density at radius 3 is 2.70 bits per heavy atom. The fourth-order valence-electron chi connectivity index (χ4n) is 3.77. The number of fused-ring (bicyclic) bond motifs is 1. The summed E-state index contributed by atoms with van der Waals surface area (Å²) in [4.78, 5) is 9.07. The number of para-hydroxylation sites is 1. The van der Waals surface area contributed by atoms with E-state index in [-0.39, 0.29) is 6.04 Å². The van der Waals surface area contributed by atoms with Gasteiger partial charge in [0.15, 0.2) is 0 Å². The number of rotatable bonds is 7. The van der Waals surface area contributed by atoms with E-state index in [1.54, 1.807) is 0 Å². The molecule has 0 amide bonds. The highest BCUT2D eigenvalue weighted by molar-refractivity contribution is 6.76. The monoisotopic (exact) mass is 427 g/mol. The molecule has 0 aliphatic carbocycles. The molecule has 2 aromatic rings. The molecule has 0 radical (unpaired) electrons. The van der Waals surface area contributed by atoms with E-state index in [1.807, 2.05) is 11.0 Å². The normalized spacial score (nSPS) is 20.1. The van der Waals surface area contributed by atoms with E-state index in [0.29, 0.717) is 6.73 Å². The number of hydrogen-bond acceptors (Lipinski definition) is 6. The highest BCUT2D eigenvalue weighted by Crippen LogP contribution is 2.31. The predicted molar refractivity (Wildman–Crippen MR) is 123 cm³/mol. The smallest absolute Gasteiger partial charge is 0.140 e. The summed E-state index contributed by atoms with van der Waals surface area (Å²) in [7, 11) is 0.953. The first-order chi connectivity index (χ1) is 14.4. The number of hydrogen-bond donors (Lipinski definition) is 0. The van der Waals surface area contributed by atoms with E-state index in [9.17, 15) is 0 Å². The molecule has 1 saturated heterocycles. The molecule has 30 heavy (non-hydrogen) atoms. The Balaban J connectivity index is 1.58. The molecule has 162 valence electrons. The molecule has 0 bridgehead atoms. The van der Waals surface area contributed by atoms with E-state index in [2.05, 4.69) is 71.8 Å². The molecule has 0 saturated carbocycles. The summed E-state index contributed by atoms with van der Waals surface area (Å²) in [6, 6.07) is 9.61. The molecule has 3 heterocycles. The van der Waals surface area contributed by atoms with Crippen molar-refractivity contribution in [1.29, 1.82) is 0 Å². The fourth-order valence-corrected chi connectivity index (χ4v) is 4.53. The largest absolute Gasteiger partial charge is 0.378 e. The van der Waals surface area contributed by atoms with E-state index < -0.39 is 8.07 Å². The zero-order valence-electron chi connectivity index (χ0n) is 18.5. The van der Waals surface area contributed by atoms with Crippen LogP contribution in [0.15, 0.2) is 41.2 Å². The van der Waals surface area contributed by atoms with Crippen molar-refractivity contribution < 1.29 is 9.47 Å². The second kappa shape index (κ2) is 8.91. The highest BCUT2D eigenvalue weighted by Gasteiger charge is 2.26. The van der Waals surface area contributed by atoms with Gasteiger partial charge in [-0.15, -0.1) is 0 Å². The van der Waals surface area contributed by atoms with Crippen LogP contribution in [0.4, 0.5) is 0 Å². The van der Waals surface area contributed by atoms with Gasteiger partial charge in [0.25, 0.3) is 0 Å². The first-order valence-electron chi connectivity index (χ1n) is 10.8. The van der Waals surface area contributed by atoms with Crippen LogP contribution in [0.5, 0.6) is 0 Å². The minimum absolute atomic E-state index is 0.0356. The lowest BCUT2D eigenvalue weighted by molar-refractivity contribution is 0.0523. The van der Waals surface area contributed by atoms with Gasteiger partial charge in [0.2, 0.25) is 0 Å². The lowest BCUT2D eigenvalue weighted by Crippen LogP contribution is -2.37. The number of ether oxygens (including phenoxy) is 2. The Bertz CT molecular complexity index is 927. The van der Waals surface area contributed by atoms with Crippen molar-refractivity contribution in [1.82, 2.24) is 19.6 Å². The maximum atomic E-state index is 6.01. The Kier molecular flexibility index (Phi) is 6.26. The molecular weight excluding hydrogens is 394 g/mol. The molecule has 1 atom stereocenters. The number of aromatic nitrogens is 2. The van der Waals surface area contributed by atoms with Crippen LogP contribution in [0, 0.1) is 0 Å². The Labute approximate surface area is 180 Å². The Hall–Kier alpha value is -2.16. The predicted octanol–water partition coefficient (Wildman–Crippen LogP) is 3.54. The SMILES string of the molecule is CN1C=NC(N2CCOCC2)=CC1c1nn(COCC[Si](C)(C)C)c2ccccc12. The second-order valence-corrected chi connectivity index (χ2v) is 14.9. The maximum Gasteiger partial charge on any atom is 0.140 e. The lowest BCUT2D eigenvalue weighted by Gasteiger charge is -2.33. The Morgan fingerprint density at radius 1 is 1.17 bits per heavy atom. The van der Waals surface area contributed by atoms with Gasteiger partial charge >= 0.3 is 0 Å². The molecule has 8 heteroatoms. The molecule has 1 fully saturated rings. The third kappa shape index (κ3) is 4.76. The first kappa shape index (κ1) is 21.1. The van der Waals surface area contributed by atoms with Crippen LogP contribution in [0.1, 0.15) is 11.7 Å². The van der Waals surface area contributed by atoms with E-state index in [1.165, 1.54) is 0 Å². The second-order valence-electron chi connectivity index (χ2n) is 9.23. The standard InChI is InChI=1S/C22H33N5O2Si/c1-25-16-23-21(26-9-11-28-12-10-26)15-20(25)22-18-7-5-6-8-19(18)27(24-22)17-29-13-14-30(2,3)4/h5-8,15-16,20H,9-14,17H2,1-4H3. The molecule has 1 aromatic heterocycles. The zero-order chi connectivity index (χ0) is 21.1. The summed E-state index contributed by atoms with van der Waals surface area (Å²) in [5, 5.41) is 6.15. The average Bonchev–Trinajstić information content (AvgIpc) is 3.10. The average molecular weight is 428 g/mol. The number of benzene rings is 1. The van der Waals surface area contributed by atoms with Gasteiger partial charge in [0, 0.05) is 40.2 Å². The van der Waals surface area contributed by atoms with Gasteiger partial charge < -0.3 is 19.3 Å². The molecule has 1 unspecified atom stereocenters. The van der Waals surface area contributed by atoms with Crippen LogP contribution in [-0.2, 0) is 16.2 Å². The van der Waals surface area contributed by atoms with Crippen molar-refractivity contribution in [2.45, 2.75) is 38.5 Å². The van der Waals surface area contributed by atoms with Crippen LogP contribution < -0.4 is 0 Å². The van der Waals surface area contributed by atoms with Gasteiger partial charge in [-0.2, -0.15) is 5.10 Å². The number of nitrogens with zero attached hydrogens (tertiary/aromatic N) is 5. The number of morpholine rings is 1. The number of likely N-dealkylation sites (N-methyl/N-ethyl adjacent to an activating group) is 1. The summed E-state index contributed by atoms with van der Waals surface area (Å²) in [6.45, 7) is 11.6. The van der Waals surface area contributed by atoms with Crippen LogP contribution in [0.2, 0.25) is 25.7 Å². The quantitative estimate of drug-likeness (QED) is 0.500. The van der Waals surface area contributed by atoms with Crippen LogP contribution in [-0.4, -0.2) is 74.0 Å². The van der Waals surface area contributed by atoms with Crippen molar-refractivity contribution in [3.8, 4) is 0 Å². The van der Waals surface area contributed by atoms with Gasteiger partial charge in [-0.25, -0.2) is 9.67 Å². The minimum atomic E-state index is -1.10.